The lowest BCUT2D eigenvalue weighted by Crippen LogP contribution is -2.37. The van der Waals surface area contributed by atoms with Crippen LogP contribution in [0.5, 0.6) is 0 Å². The third-order valence-corrected chi connectivity index (χ3v) is 7.08. The van der Waals surface area contributed by atoms with Crippen molar-refractivity contribution in [2.75, 3.05) is 22.5 Å². The van der Waals surface area contributed by atoms with Gasteiger partial charge in [0.15, 0.2) is 5.13 Å². The number of H-pyrrole nitrogens is 1. The fraction of sp³-hybridized carbons (Fsp3) is 0.174. The van der Waals surface area contributed by atoms with Crippen molar-refractivity contribution in [3.8, 4) is 11.3 Å². The monoisotopic (exact) mass is 448 g/mol. The van der Waals surface area contributed by atoms with Gasteiger partial charge in [-0.25, -0.2) is 4.98 Å². The number of rotatable bonds is 5. The fourth-order valence-electron chi connectivity index (χ4n) is 3.85. The summed E-state index contributed by atoms with van der Waals surface area (Å²) >= 11 is 2.94. The van der Waals surface area contributed by atoms with Crippen molar-refractivity contribution in [1.29, 1.82) is 0 Å². The number of carbonyl (C=O) groups excluding carboxylic acids is 2. The molecule has 31 heavy (non-hydrogen) atoms. The first-order valence-electron chi connectivity index (χ1n) is 9.95. The molecule has 0 radical (unpaired) electrons. The van der Waals surface area contributed by atoms with E-state index in [9.17, 15) is 9.59 Å². The number of nitrogens with zero attached hydrogens (tertiary/aromatic N) is 2. The molecule has 8 heteroatoms. The number of aromatic nitrogens is 2. The smallest absolute Gasteiger partial charge is 0.237 e. The van der Waals surface area contributed by atoms with Gasteiger partial charge in [0.05, 0.1) is 17.1 Å². The quantitative estimate of drug-likeness (QED) is 0.447. The second kappa shape index (κ2) is 8.20. The highest BCUT2D eigenvalue weighted by atomic mass is 32.2. The highest BCUT2D eigenvalue weighted by molar-refractivity contribution is 8.00. The maximum atomic E-state index is 12.6. The maximum Gasteiger partial charge on any atom is 0.237 e. The van der Waals surface area contributed by atoms with E-state index in [0.717, 1.165) is 38.4 Å². The first kappa shape index (κ1) is 19.8. The Morgan fingerprint density at radius 2 is 2.00 bits per heavy atom. The van der Waals surface area contributed by atoms with Crippen LogP contribution in [0.3, 0.4) is 0 Å². The predicted octanol–water partition coefficient (Wildman–Crippen LogP) is 5.07. The Labute approximate surface area is 187 Å². The van der Waals surface area contributed by atoms with E-state index in [2.05, 4.69) is 21.4 Å². The van der Waals surface area contributed by atoms with E-state index < -0.39 is 0 Å². The van der Waals surface area contributed by atoms with Gasteiger partial charge < -0.3 is 15.2 Å². The summed E-state index contributed by atoms with van der Waals surface area (Å²) in [4.78, 5) is 35.7. The Morgan fingerprint density at radius 3 is 2.90 bits per heavy atom. The highest BCUT2D eigenvalue weighted by Crippen LogP contribution is 2.35. The van der Waals surface area contributed by atoms with E-state index in [1.165, 1.54) is 23.1 Å². The molecule has 0 spiro atoms. The van der Waals surface area contributed by atoms with Crippen molar-refractivity contribution in [1.82, 2.24) is 9.97 Å². The molecular weight excluding hydrogens is 428 g/mol. The molecule has 6 nitrogen and oxygen atoms in total. The first-order valence-corrected chi connectivity index (χ1v) is 11.8. The molecule has 0 fully saturated rings. The van der Waals surface area contributed by atoms with Crippen molar-refractivity contribution in [2.24, 2.45) is 0 Å². The molecule has 2 N–H and O–H groups in total. The summed E-state index contributed by atoms with van der Waals surface area (Å²) in [5, 5.41) is 6.52. The summed E-state index contributed by atoms with van der Waals surface area (Å²) in [6.45, 7) is 2.38. The summed E-state index contributed by atoms with van der Waals surface area (Å²) in [7, 11) is 0. The molecule has 0 saturated heterocycles. The Balaban J connectivity index is 1.28. The molecule has 2 amide bonds. The highest BCUT2D eigenvalue weighted by Gasteiger charge is 2.24. The lowest BCUT2D eigenvalue weighted by molar-refractivity contribution is -0.117. The summed E-state index contributed by atoms with van der Waals surface area (Å²) < 4.78 is 0. The number of anilines is 2. The van der Waals surface area contributed by atoms with Crippen molar-refractivity contribution >= 4 is 56.6 Å². The van der Waals surface area contributed by atoms with Crippen LogP contribution in [0.4, 0.5) is 10.8 Å². The van der Waals surface area contributed by atoms with E-state index >= 15 is 0 Å². The van der Waals surface area contributed by atoms with Crippen LogP contribution >= 0.6 is 23.1 Å². The number of thiazole rings is 1. The van der Waals surface area contributed by atoms with E-state index in [1.54, 1.807) is 4.90 Å². The van der Waals surface area contributed by atoms with Crippen molar-refractivity contribution in [2.45, 2.75) is 18.2 Å². The lowest BCUT2D eigenvalue weighted by Gasteiger charge is -2.28. The summed E-state index contributed by atoms with van der Waals surface area (Å²) in [5.41, 5.74) is 4.89. The summed E-state index contributed by atoms with van der Waals surface area (Å²) in [6.07, 6.45) is 0.214. The van der Waals surface area contributed by atoms with Gasteiger partial charge in [-0.2, -0.15) is 0 Å². The van der Waals surface area contributed by atoms with Crippen molar-refractivity contribution < 1.29 is 9.59 Å². The molecule has 0 aliphatic carbocycles. The molecule has 1 aliphatic heterocycles. The van der Waals surface area contributed by atoms with Crippen molar-refractivity contribution in [3.63, 3.8) is 0 Å². The van der Waals surface area contributed by atoms with E-state index in [1.807, 2.05) is 54.8 Å². The molecule has 1 aliphatic rings. The number of aromatic amines is 1. The minimum Gasteiger partial charge on any atom is -0.358 e. The molecule has 0 bridgehead atoms. The molecule has 2 aromatic carbocycles. The number of nitrogens with one attached hydrogen (secondary N) is 2. The number of benzene rings is 2. The van der Waals surface area contributed by atoms with E-state index in [0.29, 0.717) is 17.4 Å². The molecule has 0 saturated carbocycles. The number of carbonyl (C=O) groups is 2. The average Bonchev–Trinajstić information content (AvgIpc) is 3.35. The van der Waals surface area contributed by atoms with Gasteiger partial charge in [0.2, 0.25) is 11.8 Å². The van der Waals surface area contributed by atoms with Crippen LogP contribution in [0.25, 0.3) is 22.2 Å². The number of hydrogen-bond donors (Lipinski definition) is 2. The van der Waals surface area contributed by atoms with Crippen molar-refractivity contribution in [3.05, 3.63) is 59.6 Å². The van der Waals surface area contributed by atoms with Crippen LogP contribution in [0.15, 0.2) is 58.8 Å². The van der Waals surface area contributed by atoms with Gasteiger partial charge in [-0.1, -0.05) is 30.3 Å². The average molecular weight is 449 g/mol. The zero-order valence-electron chi connectivity index (χ0n) is 16.8. The Kier molecular flexibility index (Phi) is 5.25. The Bertz CT molecular complexity index is 1290. The third kappa shape index (κ3) is 3.84. The topological polar surface area (TPSA) is 78.1 Å². The maximum absolute atomic E-state index is 12.6. The number of aryl methyl sites for hydroxylation is 1. The predicted molar refractivity (Wildman–Crippen MR) is 127 cm³/mol. The van der Waals surface area contributed by atoms with Gasteiger partial charge in [-0.15, -0.1) is 23.1 Å². The first-order chi connectivity index (χ1) is 15.1. The zero-order valence-corrected chi connectivity index (χ0v) is 18.5. The van der Waals surface area contributed by atoms with Gasteiger partial charge in [-0.05, 0) is 25.1 Å². The third-order valence-electron chi connectivity index (χ3n) is 5.27. The van der Waals surface area contributed by atoms with Crippen LogP contribution in [-0.4, -0.2) is 34.1 Å². The minimum atomic E-state index is -0.153. The molecule has 0 unspecified atom stereocenters. The SMILES string of the molecule is Cc1[nH]c2ccccc2c1-c1csc(NC(=O)CCN2C(=O)CSc3ccccc32)n1. The van der Waals surface area contributed by atoms with E-state index in [4.69, 9.17) is 0 Å². The van der Waals surface area contributed by atoms with Crippen LogP contribution in [-0.2, 0) is 9.59 Å². The second-order valence-corrected chi connectivity index (χ2v) is 9.18. The zero-order chi connectivity index (χ0) is 21.4. The van der Waals surface area contributed by atoms with Gasteiger partial charge in [-0.3, -0.25) is 9.59 Å². The van der Waals surface area contributed by atoms with Gasteiger partial charge >= 0.3 is 0 Å². The fourth-order valence-corrected chi connectivity index (χ4v) is 5.50. The van der Waals surface area contributed by atoms with Crippen LogP contribution in [0, 0.1) is 6.92 Å². The largest absolute Gasteiger partial charge is 0.358 e. The molecule has 0 atom stereocenters. The minimum absolute atomic E-state index is 0.0304. The number of thioether (sulfide) groups is 1. The Morgan fingerprint density at radius 1 is 1.19 bits per heavy atom. The summed E-state index contributed by atoms with van der Waals surface area (Å²) in [6, 6.07) is 15.9. The Hall–Kier alpha value is -3.10. The van der Waals surface area contributed by atoms with Gasteiger partial charge in [0.25, 0.3) is 0 Å². The van der Waals surface area contributed by atoms with Crippen LogP contribution < -0.4 is 10.2 Å². The number of hydrogen-bond acceptors (Lipinski definition) is 5. The molecular formula is C23H20N4O2S2. The number of amides is 2. The number of fused-ring (bicyclic) bond motifs is 2. The normalized spacial score (nSPS) is 13.5. The molecule has 156 valence electrons. The van der Waals surface area contributed by atoms with Crippen LogP contribution in [0.2, 0.25) is 0 Å². The standard InChI is InChI=1S/C23H20N4O2S2/c1-14-22(15-6-2-3-7-16(15)24-14)17-12-31-23(25-17)26-20(28)10-11-27-18-8-4-5-9-19(18)30-13-21(27)29/h2-9,12,24H,10-11,13H2,1H3,(H,25,26,28). The van der Waals surface area contributed by atoms with Crippen LogP contribution in [0.1, 0.15) is 12.1 Å². The summed E-state index contributed by atoms with van der Waals surface area (Å²) in [5.74, 6) is 0.279. The molecule has 2 aromatic heterocycles. The molecule has 5 rings (SSSR count). The van der Waals surface area contributed by atoms with E-state index in [-0.39, 0.29) is 18.2 Å². The molecule has 3 heterocycles. The molecule has 4 aromatic rings. The van der Waals surface area contributed by atoms with Gasteiger partial charge in [0.1, 0.15) is 0 Å². The number of para-hydroxylation sites is 2. The lowest BCUT2D eigenvalue weighted by atomic mass is 10.1. The second-order valence-electron chi connectivity index (χ2n) is 7.31. The van der Waals surface area contributed by atoms with Gasteiger partial charge in [0, 0.05) is 45.4 Å².